The summed E-state index contributed by atoms with van der Waals surface area (Å²) in [5.41, 5.74) is 0.507. The van der Waals surface area contributed by atoms with Gasteiger partial charge in [0.25, 0.3) is 11.8 Å². The summed E-state index contributed by atoms with van der Waals surface area (Å²) < 4.78 is 10.5. The number of urea groups is 1. The topological polar surface area (TPSA) is 101 Å². The number of anilines is 1. The molecule has 0 spiro atoms. The van der Waals surface area contributed by atoms with Gasteiger partial charge in [0.2, 0.25) is 6.79 Å². The van der Waals surface area contributed by atoms with Crippen LogP contribution in [0.3, 0.4) is 0 Å². The molecule has 1 aromatic heterocycles. The molecule has 3 heterocycles. The van der Waals surface area contributed by atoms with Crippen molar-refractivity contribution in [2.75, 3.05) is 44.8 Å². The van der Waals surface area contributed by atoms with Crippen LogP contribution in [0.1, 0.15) is 9.67 Å². The Morgan fingerprint density at radius 2 is 1.90 bits per heavy atom. The minimum Gasteiger partial charge on any atom is -0.454 e. The van der Waals surface area contributed by atoms with Gasteiger partial charge < -0.3 is 24.6 Å². The molecular formula is C19H21N4O5S+. The van der Waals surface area contributed by atoms with E-state index in [4.69, 9.17) is 9.47 Å². The molecule has 10 heteroatoms. The van der Waals surface area contributed by atoms with Crippen molar-refractivity contribution < 1.29 is 28.8 Å². The van der Waals surface area contributed by atoms with E-state index in [9.17, 15) is 14.4 Å². The van der Waals surface area contributed by atoms with E-state index in [1.807, 2.05) is 17.5 Å². The third kappa shape index (κ3) is 4.66. The van der Waals surface area contributed by atoms with Crippen molar-refractivity contribution in [2.45, 2.75) is 0 Å². The van der Waals surface area contributed by atoms with Crippen molar-refractivity contribution in [3.05, 3.63) is 40.6 Å². The average molecular weight is 417 g/mol. The second kappa shape index (κ2) is 8.50. The van der Waals surface area contributed by atoms with Crippen molar-refractivity contribution >= 4 is 34.9 Å². The molecule has 2 aliphatic heterocycles. The summed E-state index contributed by atoms with van der Waals surface area (Å²) in [5, 5.41) is 6.83. The minimum absolute atomic E-state index is 0.0339. The number of benzene rings is 1. The molecule has 0 saturated carbocycles. The number of imide groups is 1. The van der Waals surface area contributed by atoms with Gasteiger partial charge in [0.1, 0.15) is 0 Å². The fourth-order valence-corrected chi connectivity index (χ4v) is 3.98. The Morgan fingerprint density at radius 3 is 2.66 bits per heavy atom. The first-order chi connectivity index (χ1) is 14.1. The number of quaternary nitrogens is 1. The van der Waals surface area contributed by atoms with Crippen LogP contribution in [0.15, 0.2) is 35.7 Å². The number of piperazine rings is 1. The molecule has 0 bridgehead atoms. The highest BCUT2D eigenvalue weighted by molar-refractivity contribution is 7.12. The molecule has 2 aliphatic rings. The minimum atomic E-state index is -0.597. The number of nitrogens with one attached hydrogen (secondary N) is 3. The van der Waals surface area contributed by atoms with Gasteiger partial charge in [0.05, 0.1) is 31.1 Å². The fraction of sp³-hybridized carbons (Fsp3) is 0.316. The summed E-state index contributed by atoms with van der Waals surface area (Å²) in [6, 6.07) is 8.09. The Bertz CT molecular complexity index is 909. The molecule has 152 valence electrons. The third-order valence-corrected chi connectivity index (χ3v) is 5.64. The van der Waals surface area contributed by atoms with Gasteiger partial charge in [-0.1, -0.05) is 6.07 Å². The highest BCUT2D eigenvalue weighted by Crippen LogP contribution is 2.34. The molecule has 3 N–H and O–H groups in total. The van der Waals surface area contributed by atoms with E-state index in [-0.39, 0.29) is 25.2 Å². The largest absolute Gasteiger partial charge is 0.454 e. The van der Waals surface area contributed by atoms with E-state index in [1.165, 1.54) is 11.3 Å². The summed E-state index contributed by atoms with van der Waals surface area (Å²) in [5.74, 6) is 0.837. The van der Waals surface area contributed by atoms with Gasteiger partial charge in [-0.2, -0.15) is 0 Å². The van der Waals surface area contributed by atoms with E-state index in [0.29, 0.717) is 43.4 Å². The molecule has 0 unspecified atom stereocenters. The monoisotopic (exact) mass is 417 g/mol. The molecule has 1 fully saturated rings. The zero-order valence-corrected chi connectivity index (χ0v) is 16.4. The second-order valence-corrected chi connectivity index (χ2v) is 7.71. The molecule has 1 saturated heterocycles. The van der Waals surface area contributed by atoms with Crippen molar-refractivity contribution in [3.63, 3.8) is 0 Å². The zero-order chi connectivity index (χ0) is 20.2. The Hall–Kier alpha value is -3.11. The molecular weight excluding hydrogens is 396 g/mol. The highest BCUT2D eigenvalue weighted by atomic mass is 32.1. The van der Waals surface area contributed by atoms with Crippen LogP contribution >= 0.6 is 11.3 Å². The van der Waals surface area contributed by atoms with E-state index in [0.717, 1.165) is 9.78 Å². The van der Waals surface area contributed by atoms with Crippen molar-refractivity contribution in [3.8, 4) is 11.5 Å². The first kappa shape index (κ1) is 19.2. The highest BCUT2D eigenvalue weighted by Gasteiger charge is 2.26. The molecule has 4 rings (SSSR count). The van der Waals surface area contributed by atoms with Crippen LogP contribution in [-0.2, 0) is 4.79 Å². The second-order valence-electron chi connectivity index (χ2n) is 6.77. The molecule has 2 aromatic rings. The number of amides is 4. The Kier molecular flexibility index (Phi) is 5.63. The first-order valence-corrected chi connectivity index (χ1v) is 10.1. The van der Waals surface area contributed by atoms with E-state index >= 15 is 0 Å². The molecule has 0 radical (unpaired) electrons. The number of nitrogens with zero attached hydrogens (tertiary/aromatic N) is 1. The van der Waals surface area contributed by atoms with Crippen molar-refractivity contribution in [1.29, 1.82) is 0 Å². The van der Waals surface area contributed by atoms with Gasteiger partial charge in [0, 0.05) is 11.8 Å². The van der Waals surface area contributed by atoms with E-state index in [2.05, 4.69) is 10.6 Å². The van der Waals surface area contributed by atoms with Crippen LogP contribution < -0.4 is 25.0 Å². The van der Waals surface area contributed by atoms with Crippen LogP contribution in [-0.4, -0.2) is 62.3 Å². The first-order valence-electron chi connectivity index (χ1n) is 9.25. The average Bonchev–Trinajstić information content (AvgIpc) is 3.39. The lowest BCUT2D eigenvalue weighted by Gasteiger charge is -2.31. The molecule has 1 aromatic carbocycles. The fourth-order valence-electron chi connectivity index (χ4n) is 3.29. The molecule has 29 heavy (non-hydrogen) atoms. The van der Waals surface area contributed by atoms with Crippen LogP contribution in [0.5, 0.6) is 11.5 Å². The van der Waals surface area contributed by atoms with Crippen LogP contribution in [0.4, 0.5) is 10.5 Å². The normalized spacial score (nSPS) is 15.8. The van der Waals surface area contributed by atoms with Crippen molar-refractivity contribution in [2.24, 2.45) is 0 Å². The maximum Gasteiger partial charge on any atom is 0.326 e. The summed E-state index contributed by atoms with van der Waals surface area (Å²) >= 11 is 1.43. The third-order valence-electron chi connectivity index (χ3n) is 4.78. The summed E-state index contributed by atoms with van der Waals surface area (Å²) in [4.78, 5) is 40.2. The predicted molar refractivity (Wildman–Crippen MR) is 106 cm³/mol. The van der Waals surface area contributed by atoms with Gasteiger partial charge >= 0.3 is 6.03 Å². The Labute approximate surface area is 171 Å². The van der Waals surface area contributed by atoms with E-state index < -0.39 is 6.03 Å². The van der Waals surface area contributed by atoms with Crippen LogP contribution in [0.2, 0.25) is 0 Å². The maximum atomic E-state index is 12.4. The maximum absolute atomic E-state index is 12.4. The van der Waals surface area contributed by atoms with Gasteiger partial charge in [0.15, 0.2) is 18.0 Å². The lowest BCUT2D eigenvalue weighted by atomic mass is 10.3. The van der Waals surface area contributed by atoms with E-state index in [1.54, 1.807) is 23.1 Å². The lowest BCUT2D eigenvalue weighted by Crippen LogP contribution is -3.15. The van der Waals surface area contributed by atoms with Crippen LogP contribution in [0, 0.1) is 0 Å². The summed E-state index contributed by atoms with van der Waals surface area (Å²) in [7, 11) is 0. The Balaban J connectivity index is 1.21. The van der Waals surface area contributed by atoms with Gasteiger partial charge in [-0.25, -0.2) is 4.79 Å². The van der Waals surface area contributed by atoms with Crippen LogP contribution in [0.25, 0.3) is 0 Å². The van der Waals surface area contributed by atoms with Gasteiger partial charge in [-0.3, -0.25) is 14.9 Å². The number of hydrogen-bond donors (Lipinski definition) is 3. The molecule has 4 amide bonds. The standard InChI is InChI=1S/C19H20N4O5S/c24-17(21-19(26)20-13-3-4-14-15(10-13)28-12-27-14)11-22-5-7-23(8-6-22)18(25)16-2-1-9-29-16/h1-4,9-10H,5-8,11-12H2,(H2,20,21,24,26)/p+1. The molecule has 0 aliphatic carbocycles. The molecule has 9 nitrogen and oxygen atoms in total. The number of carbonyl (C=O) groups excluding carboxylic acids is 3. The number of fused-ring (bicyclic) bond motifs is 1. The SMILES string of the molecule is O=C(C[NH+]1CCN(C(=O)c2cccs2)CC1)NC(=O)Nc1ccc2c(c1)OCO2. The van der Waals surface area contributed by atoms with Gasteiger partial charge in [-0.15, -0.1) is 11.3 Å². The smallest absolute Gasteiger partial charge is 0.326 e. The number of rotatable bonds is 4. The number of carbonyl (C=O) groups is 3. The summed E-state index contributed by atoms with van der Waals surface area (Å²) in [6.07, 6.45) is 0. The Morgan fingerprint density at radius 1 is 1.10 bits per heavy atom. The number of hydrogen-bond acceptors (Lipinski definition) is 6. The lowest BCUT2D eigenvalue weighted by molar-refractivity contribution is -0.895. The molecule has 0 atom stereocenters. The van der Waals surface area contributed by atoms with Gasteiger partial charge in [-0.05, 0) is 23.6 Å². The quantitative estimate of drug-likeness (QED) is 0.658. The zero-order valence-electron chi connectivity index (χ0n) is 15.6. The summed E-state index contributed by atoms with van der Waals surface area (Å²) in [6.45, 7) is 2.82. The number of thiophene rings is 1. The number of ether oxygens (including phenoxy) is 2. The predicted octanol–water partition coefficient (Wildman–Crippen LogP) is 0.166. The van der Waals surface area contributed by atoms with Crippen molar-refractivity contribution in [1.82, 2.24) is 10.2 Å².